The maximum Gasteiger partial charge on any atom is 0.161 e. The van der Waals surface area contributed by atoms with Crippen molar-refractivity contribution in [2.75, 3.05) is 19.8 Å². The fourth-order valence-electron chi connectivity index (χ4n) is 2.44. The molecule has 0 aliphatic rings. The van der Waals surface area contributed by atoms with Gasteiger partial charge < -0.3 is 9.47 Å². The molecule has 0 bridgehead atoms. The molecule has 0 fully saturated rings. The van der Waals surface area contributed by atoms with E-state index in [0.717, 1.165) is 44.1 Å². The van der Waals surface area contributed by atoms with Gasteiger partial charge in [0.25, 0.3) is 0 Å². The Hall–Kier alpha value is -1.22. The van der Waals surface area contributed by atoms with Gasteiger partial charge in [0.1, 0.15) is 0 Å². The third kappa shape index (κ3) is 6.38. The van der Waals surface area contributed by atoms with E-state index in [2.05, 4.69) is 39.5 Å². The first-order chi connectivity index (χ1) is 10.1. The van der Waals surface area contributed by atoms with Gasteiger partial charge in [-0.3, -0.25) is 4.90 Å². The molecule has 3 heteroatoms. The first kappa shape index (κ1) is 17.8. The minimum Gasteiger partial charge on any atom is -0.490 e. The molecule has 0 aromatic heterocycles. The number of nitrogens with zero attached hydrogens (tertiary/aromatic N) is 1. The molecular weight excluding hydrogens is 262 g/mol. The van der Waals surface area contributed by atoms with Crippen LogP contribution in [0.1, 0.15) is 47.5 Å². The standard InChI is InChI=1S/C18H31NO2/c1-6-13-20-17-10-7-8-11-18(17)21-14-9-12-19(15(2)3)16(4)5/h7-8,10-11,15-16H,6,9,12-14H2,1-5H3. The quantitative estimate of drug-likeness (QED) is 0.598. The number of rotatable bonds is 10. The fourth-order valence-corrected chi connectivity index (χ4v) is 2.44. The molecule has 0 amide bonds. The average Bonchev–Trinajstić information content (AvgIpc) is 2.45. The summed E-state index contributed by atoms with van der Waals surface area (Å²) < 4.78 is 11.6. The van der Waals surface area contributed by atoms with E-state index in [4.69, 9.17) is 9.47 Å². The highest BCUT2D eigenvalue weighted by molar-refractivity contribution is 5.39. The summed E-state index contributed by atoms with van der Waals surface area (Å²) in [5.41, 5.74) is 0. The lowest BCUT2D eigenvalue weighted by atomic mass is 10.2. The lowest BCUT2D eigenvalue weighted by Crippen LogP contribution is -2.38. The van der Waals surface area contributed by atoms with Crippen LogP contribution in [0.15, 0.2) is 24.3 Å². The highest BCUT2D eigenvalue weighted by atomic mass is 16.5. The molecule has 3 nitrogen and oxygen atoms in total. The Bertz CT molecular complexity index is 383. The van der Waals surface area contributed by atoms with Gasteiger partial charge in [0.2, 0.25) is 0 Å². The largest absolute Gasteiger partial charge is 0.490 e. The second-order valence-corrected chi connectivity index (χ2v) is 5.92. The topological polar surface area (TPSA) is 21.7 Å². The van der Waals surface area contributed by atoms with E-state index >= 15 is 0 Å². The predicted octanol–water partition coefficient (Wildman–Crippen LogP) is 4.36. The molecule has 0 heterocycles. The second-order valence-electron chi connectivity index (χ2n) is 5.92. The van der Waals surface area contributed by atoms with Crippen LogP contribution in [0.5, 0.6) is 11.5 Å². The fraction of sp³-hybridized carbons (Fsp3) is 0.667. The Kier molecular flexibility index (Phi) is 8.21. The van der Waals surface area contributed by atoms with Crippen molar-refractivity contribution in [1.82, 2.24) is 4.90 Å². The van der Waals surface area contributed by atoms with E-state index in [1.54, 1.807) is 0 Å². The van der Waals surface area contributed by atoms with Crippen LogP contribution < -0.4 is 9.47 Å². The SMILES string of the molecule is CCCOc1ccccc1OCCCN(C(C)C)C(C)C. The molecule has 0 aliphatic heterocycles. The molecule has 1 rings (SSSR count). The zero-order chi connectivity index (χ0) is 15.7. The smallest absolute Gasteiger partial charge is 0.161 e. The molecule has 1 aromatic rings. The van der Waals surface area contributed by atoms with Crippen LogP contribution in [0.3, 0.4) is 0 Å². The van der Waals surface area contributed by atoms with E-state index in [9.17, 15) is 0 Å². The van der Waals surface area contributed by atoms with Crippen molar-refractivity contribution in [1.29, 1.82) is 0 Å². The Morgan fingerprint density at radius 1 is 0.905 bits per heavy atom. The van der Waals surface area contributed by atoms with Gasteiger partial charge >= 0.3 is 0 Å². The summed E-state index contributed by atoms with van der Waals surface area (Å²) in [6.45, 7) is 13.6. The van der Waals surface area contributed by atoms with E-state index in [1.165, 1.54) is 0 Å². The summed E-state index contributed by atoms with van der Waals surface area (Å²) in [5, 5.41) is 0. The average molecular weight is 293 g/mol. The summed E-state index contributed by atoms with van der Waals surface area (Å²) >= 11 is 0. The van der Waals surface area contributed by atoms with Gasteiger partial charge in [0, 0.05) is 18.6 Å². The summed E-state index contributed by atoms with van der Waals surface area (Å²) in [4.78, 5) is 2.49. The van der Waals surface area contributed by atoms with Crippen molar-refractivity contribution in [3.63, 3.8) is 0 Å². The molecule has 0 radical (unpaired) electrons. The minimum absolute atomic E-state index is 0.574. The lowest BCUT2D eigenvalue weighted by molar-refractivity contribution is 0.158. The van der Waals surface area contributed by atoms with E-state index in [1.807, 2.05) is 24.3 Å². The molecular formula is C18H31NO2. The summed E-state index contributed by atoms with van der Waals surface area (Å²) in [6, 6.07) is 9.07. The maximum atomic E-state index is 5.89. The molecule has 0 saturated heterocycles. The lowest BCUT2D eigenvalue weighted by Gasteiger charge is -2.30. The number of ether oxygens (including phenoxy) is 2. The Balaban J connectivity index is 2.41. The van der Waals surface area contributed by atoms with E-state index in [0.29, 0.717) is 12.1 Å². The zero-order valence-corrected chi connectivity index (χ0v) is 14.3. The monoisotopic (exact) mass is 293 g/mol. The van der Waals surface area contributed by atoms with Gasteiger partial charge in [-0.05, 0) is 52.7 Å². The highest BCUT2D eigenvalue weighted by Gasteiger charge is 2.12. The van der Waals surface area contributed by atoms with Crippen molar-refractivity contribution < 1.29 is 9.47 Å². The van der Waals surface area contributed by atoms with Crippen molar-refractivity contribution >= 4 is 0 Å². The number of para-hydroxylation sites is 2. The molecule has 0 unspecified atom stereocenters. The van der Waals surface area contributed by atoms with Crippen molar-refractivity contribution in [2.24, 2.45) is 0 Å². The van der Waals surface area contributed by atoms with Gasteiger partial charge in [-0.15, -0.1) is 0 Å². The Labute approximate surface area is 130 Å². The van der Waals surface area contributed by atoms with E-state index in [-0.39, 0.29) is 0 Å². The van der Waals surface area contributed by atoms with Gasteiger partial charge in [0.05, 0.1) is 13.2 Å². The van der Waals surface area contributed by atoms with E-state index < -0.39 is 0 Å². The van der Waals surface area contributed by atoms with Crippen LogP contribution in [0.25, 0.3) is 0 Å². The third-order valence-corrected chi connectivity index (χ3v) is 3.46. The first-order valence-corrected chi connectivity index (χ1v) is 8.16. The summed E-state index contributed by atoms with van der Waals surface area (Å²) in [6.07, 6.45) is 2.03. The minimum atomic E-state index is 0.574. The number of benzene rings is 1. The van der Waals surface area contributed by atoms with Crippen molar-refractivity contribution in [2.45, 2.75) is 59.5 Å². The van der Waals surface area contributed by atoms with Gasteiger partial charge in [0.15, 0.2) is 11.5 Å². The first-order valence-electron chi connectivity index (χ1n) is 8.16. The summed E-state index contributed by atoms with van der Waals surface area (Å²) in [7, 11) is 0. The van der Waals surface area contributed by atoms with Crippen LogP contribution >= 0.6 is 0 Å². The Morgan fingerprint density at radius 2 is 1.43 bits per heavy atom. The molecule has 0 aliphatic carbocycles. The number of hydrogen-bond donors (Lipinski definition) is 0. The zero-order valence-electron chi connectivity index (χ0n) is 14.3. The third-order valence-electron chi connectivity index (χ3n) is 3.46. The molecule has 21 heavy (non-hydrogen) atoms. The maximum absolute atomic E-state index is 5.89. The number of hydrogen-bond acceptors (Lipinski definition) is 3. The predicted molar refractivity (Wildman–Crippen MR) is 89.3 cm³/mol. The normalized spacial score (nSPS) is 11.4. The molecule has 0 saturated carbocycles. The van der Waals surface area contributed by atoms with Crippen molar-refractivity contribution in [3.05, 3.63) is 24.3 Å². The molecule has 0 N–H and O–H groups in total. The highest BCUT2D eigenvalue weighted by Crippen LogP contribution is 2.26. The molecule has 0 atom stereocenters. The van der Waals surface area contributed by atoms with Gasteiger partial charge in [-0.25, -0.2) is 0 Å². The van der Waals surface area contributed by atoms with Crippen LogP contribution in [-0.2, 0) is 0 Å². The van der Waals surface area contributed by atoms with Crippen LogP contribution in [-0.4, -0.2) is 36.7 Å². The van der Waals surface area contributed by atoms with Crippen LogP contribution in [0, 0.1) is 0 Å². The summed E-state index contributed by atoms with van der Waals surface area (Å²) in [5.74, 6) is 1.70. The van der Waals surface area contributed by atoms with Crippen LogP contribution in [0.2, 0.25) is 0 Å². The Morgan fingerprint density at radius 3 is 1.90 bits per heavy atom. The molecule has 1 aromatic carbocycles. The van der Waals surface area contributed by atoms with Gasteiger partial charge in [-0.2, -0.15) is 0 Å². The second kappa shape index (κ2) is 9.67. The molecule has 120 valence electrons. The van der Waals surface area contributed by atoms with Crippen LogP contribution in [0.4, 0.5) is 0 Å². The molecule has 0 spiro atoms. The van der Waals surface area contributed by atoms with Gasteiger partial charge in [-0.1, -0.05) is 19.1 Å². The van der Waals surface area contributed by atoms with Crippen molar-refractivity contribution in [3.8, 4) is 11.5 Å².